The minimum atomic E-state index is 0.178. The van der Waals surface area contributed by atoms with E-state index in [1.54, 1.807) is 6.33 Å². The summed E-state index contributed by atoms with van der Waals surface area (Å²) in [5, 5.41) is 12.9. The number of nitrogens with one attached hydrogen (secondary N) is 1. The molecule has 1 aliphatic rings. The third-order valence-electron chi connectivity index (χ3n) is 4.63. The van der Waals surface area contributed by atoms with Crippen molar-refractivity contribution in [3.05, 3.63) is 48.3 Å². The van der Waals surface area contributed by atoms with Crippen LogP contribution in [-0.2, 0) is 6.54 Å². The topological polar surface area (TPSA) is 64.5 Å². The van der Waals surface area contributed by atoms with E-state index in [2.05, 4.69) is 56.4 Å². The molecule has 0 spiro atoms. The average Bonchev–Trinajstić information content (AvgIpc) is 3.11. The molecular formula is C19H27N5O. The van der Waals surface area contributed by atoms with Crippen LogP contribution in [0.15, 0.2) is 42.7 Å². The fourth-order valence-corrected chi connectivity index (χ4v) is 3.28. The maximum atomic E-state index is 9.48. The normalized spacial score (nSPS) is 17.2. The van der Waals surface area contributed by atoms with Crippen molar-refractivity contribution in [1.29, 1.82) is 0 Å². The Hall–Kier alpha value is -2.18. The van der Waals surface area contributed by atoms with Gasteiger partial charge in [-0.2, -0.15) is 0 Å². The van der Waals surface area contributed by atoms with Gasteiger partial charge in [0.2, 0.25) is 0 Å². The summed E-state index contributed by atoms with van der Waals surface area (Å²) in [6.45, 7) is 3.81. The van der Waals surface area contributed by atoms with Crippen LogP contribution < -0.4 is 10.2 Å². The van der Waals surface area contributed by atoms with Gasteiger partial charge in [-0.1, -0.05) is 30.3 Å². The monoisotopic (exact) mass is 341 g/mol. The Morgan fingerprint density at radius 3 is 2.92 bits per heavy atom. The molecule has 1 aromatic heterocycles. The zero-order valence-corrected chi connectivity index (χ0v) is 14.8. The molecule has 0 amide bonds. The third kappa shape index (κ3) is 4.90. The number of anilines is 2. The Morgan fingerprint density at radius 1 is 1.28 bits per heavy atom. The van der Waals surface area contributed by atoms with E-state index in [0.717, 1.165) is 50.7 Å². The molecule has 1 fully saturated rings. The van der Waals surface area contributed by atoms with Gasteiger partial charge in [0.1, 0.15) is 18.0 Å². The summed E-state index contributed by atoms with van der Waals surface area (Å²) in [7, 11) is 2.12. The van der Waals surface area contributed by atoms with E-state index in [1.165, 1.54) is 5.56 Å². The van der Waals surface area contributed by atoms with Crippen molar-refractivity contribution >= 4 is 11.6 Å². The SMILES string of the molecule is CN(CCNc1cc(N2CCC[C@H]2CO)ncn1)Cc1ccccc1. The van der Waals surface area contributed by atoms with Crippen LogP contribution in [-0.4, -0.2) is 59.3 Å². The molecule has 2 heterocycles. The molecule has 6 heteroatoms. The van der Waals surface area contributed by atoms with Gasteiger partial charge < -0.3 is 20.2 Å². The van der Waals surface area contributed by atoms with Gasteiger partial charge in [-0.05, 0) is 25.5 Å². The average molecular weight is 341 g/mol. The van der Waals surface area contributed by atoms with E-state index in [1.807, 2.05) is 12.1 Å². The highest BCUT2D eigenvalue weighted by molar-refractivity contribution is 5.49. The van der Waals surface area contributed by atoms with Crippen LogP contribution >= 0.6 is 0 Å². The predicted octanol–water partition coefficient (Wildman–Crippen LogP) is 1.98. The number of nitrogens with zero attached hydrogens (tertiary/aromatic N) is 4. The van der Waals surface area contributed by atoms with Crippen molar-refractivity contribution in [2.45, 2.75) is 25.4 Å². The summed E-state index contributed by atoms with van der Waals surface area (Å²) < 4.78 is 0. The Bertz CT molecular complexity index is 651. The maximum absolute atomic E-state index is 9.48. The molecule has 1 aromatic carbocycles. The molecule has 0 unspecified atom stereocenters. The van der Waals surface area contributed by atoms with E-state index in [9.17, 15) is 5.11 Å². The minimum Gasteiger partial charge on any atom is -0.394 e. The highest BCUT2D eigenvalue weighted by Crippen LogP contribution is 2.24. The summed E-state index contributed by atoms with van der Waals surface area (Å²) in [6, 6.07) is 12.6. The number of aliphatic hydroxyl groups is 1. The van der Waals surface area contributed by atoms with Gasteiger partial charge in [-0.3, -0.25) is 0 Å². The zero-order chi connectivity index (χ0) is 17.5. The Morgan fingerprint density at radius 2 is 2.12 bits per heavy atom. The van der Waals surface area contributed by atoms with Crippen LogP contribution in [0.25, 0.3) is 0 Å². The molecule has 1 aliphatic heterocycles. The molecule has 1 saturated heterocycles. The van der Waals surface area contributed by atoms with Crippen LogP contribution in [0.1, 0.15) is 18.4 Å². The highest BCUT2D eigenvalue weighted by Gasteiger charge is 2.25. The number of hydrogen-bond acceptors (Lipinski definition) is 6. The summed E-state index contributed by atoms with van der Waals surface area (Å²) in [6.07, 6.45) is 3.72. The van der Waals surface area contributed by atoms with Crippen molar-refractivity contribution in [3.8, 4) is 0 Å². The lowest BCUT2D eigenvalue weighted by Crippen LogP contribution is -2.32. The molecule has 2 N–H and O–H groups in total. The molecule has 2 aromatic rings. The van der Waals surface area contributed by atoms with Crippen LogP contribution in [0.3, 0.4) is 0 Å². The predicted molar refractivity (Wildman–Crippen MR) is 101 cm³/mol. The lowest BCUT2D eigenvalue weighted by atomic mass is 10.2. The molecule has 3 rings (SSSR count). The summed E-state index contributed by atoms with van der Waals surface area (Å²) >= 11 is 0. The lowest BCUT2D eigenvalue weighted by Gasteiger charge is -2.24. The van der Waals surface area contributed by atoms with Crippen molar-refractivity contribution in [2.75, 3.05) is 43.5 Å². The summed E-state index contributed by atoms with van der Waals surface area (Å²) in [5.74, 6) is 1.73. The van der Waals surface area contributed by atoms with Crippen LogP contribution in [0.4, 0.5) is 11.6 Å². The summed E-state index contributed by atoms with van der Waals surface area (Å²) in [5.41, 5.74) is 1.32. The van der Waals surface area contributed by atoms with Crippen molar-refractivity contribution in [1.82, 2.24) is 14.9 Å². The Labute approximate surface area is 149 Å². The first kappa shape index (κ1) is 17.6. The summed E-state index contributed by atoms with van der Waals surface area (Å²) in [4.78, 5) is 13.1. The second-order valence-electron chi connectivity index (χ2n) is 6.58. The number of hydrogen-bond donors (Lipinski definition) is 2. The van der Waals surface area contributed by atoms with Crippen molar-refractivity contribution in [2.24, 2.45) is 0 Å². The lowest BCUT2D eigenvalue weighted by molar-refractivity contribution is 0.266. The van der Waals surface area contributed by atoms with Gasteiger partial charge in [-0.15, -0.1) is 0 Å². The molecular weight excluding hydrogens is 314 g/mol. The first-order chi connectivity index (χ1) is 12.3. The molecule has 0 saturated carbocycles. The zero-order valence-electron chi connectivity index (χ0n) is 14.8. The van der Waals surface area contributed by atoms with Crippen LogP contribution in [0.2, 0.25) is 0 Å². The van der Waals surface area contributed by atoms with Crippen LogP contribution in [0.5, 0.6) is 0 Å². The molecule has 6 nitrogen and oxygen atoms in total. The van der Waals surface area contributed by atoms with E-state index < -0.39 is 0 Å². The Kier molecular flexibility index (Phi) is 6.19. The second-order valence-corrected chi connectivity index (χ2v) is 6.58. The smallest absolute Gasteiger partial charge is 0.134 e. The molecule has 0 radical (unpaired) electrons. The number of benzene rings is 1. The van der Waals surface area contributed by atoms with Gasteiger partial charge in [0.05, 0.1) is 12.6 Å². The Balaban J connectivity index is 1.49. The van der Waals surface area contributed by atoms with Crippen LogP contribution in [0, 0.1) is 0 Å². The highest BCUT2D eigenvalue weighted by atomic mass is 16.3. The fraction of sp³-hybridized carbons (Fsp3) is 0.474. The largest absolute Gasteiger partial charge is 0.394 e. The van der Waals surface area contributed by atoms with Gasteiger partial charge in [-0.25, -0.2) is 9.97 Å². The maximum Gasteiger partial charge on any atom is 0.134 e. The number of rotatable bonds is 8. The van der Waals surface area contributed by atoms with E-state index in [0.29, 0.717) is 0 Å². The van der Waals surface area contributed by atoms with Gasteiger partial charge in [0.25, 0.3) is 0 Å². The van der Waals surface area contributed by atoms with Crippen molar-refractivity contribution < 1.29 is 5.11 Å². The van der Waals surface area contributed by atoms with Gasteiger partial charge >= 0.3 is 0 Å². The fourth-order valence-electron chi connectivity index (χ4n) is 3.28. The van der Waals surface area contributed by atoms with Crippen molar-refractivity contribution in [3.63, 3.8) is 0 Å². The first-order valence-corrected chi connectivity index (χ1v) is 8.92. The van der Waals surface area contributed by atoms with E-state index in [-0.39, 0.29) is 12.6 Å². The molecule has 0 bridgehead atoms. The number of likely N-dealkylation sites (N-methyl/N-ethyl adjacent to an activating group) is 1. The second kappa shape index (κ2) is 8.78. The van der Waals surface area contributed by atoms with Gasteiger partial charge in [0.15, 0.2) is 0 Å². The van der Waals surface area contributed by atoms with Gasteiger partial charge in [0, 0.05) is 32.2 Å². The van der Waals surface area contributed by atoms with E-state index in [4.69, 9.17) is 0 Å². The minimum absolute atomic E-state index is 0.178. The number of aromatic nitrogens is 2. The third-order valence-corrected chi connectivity index (χ3v) is 4.63. The molecule has 0 aliphatic carbocycles. The standard InChI is InChI=1S/C19H27N5O/c1-23(13-16-6-3-2-4-7-16)11-9-20-18-12-19(22-15-21-18)24-10-5-8-17(24)14-25/h2-4,6-7,12,15,17,25H,5,8-11,13-14H2,1H3,(H,20,21,22)/t17-/m0/s1. The molecule has 134 valence electrons. The van der Waals surface area contributed by atoms with E-state index >= 15 is 0 Å². The number of aliphatic hydroxyl groups excluding tert-OH is 1. The quantitative estimate of drug-likeness (QED) is 0.765. The molecule has 25 heavy (non-hydrogen) atoms. The first-order valence-electron chi connectivity index (χ1n) is 8.92. The molecule has 1 atom stereocenters.